The van der Waals surface area contributed by atoms with E-state index in [2.05, 4.69) is 15.6 Å². The largest absolute Gasteiger partial charge is 0.351 e. The van der Waals surface area contributed by atoms with Crippen LogP contribution in [0.2, 0.25) is 0 Å². The van der Waals surface area contributed by atoms with Gasteiger partial charge in [-0.15, -0.1) is 0 Å². The number of rotatable bonds is 4. The molecule has 1 heterocycles. The van der Waals surface area contributed by atoms with Gasteiger partial charge < -0.3 is 15.6 Å². The van der Waals surface area contributed by atoms with Crippen LogP contribution in [0.4, 0.5) is 0 Å². The van der Waals surface area contributed by atoms with Crippen LogP contribution in [0.3, 0.4) is 0 Å². The second kappa shape index (κ2) is 5.31. The molecule has 1 rings (SSSR count). The maximum Gasteiger partial charge on any atom is 0.260 e. The lowest BCUT2D eigenvalue weighted by Gasteiger charge is -2.03. The van der Waals surface area contributed by atoms with E-state index in [4.69, 9.17) is 0 Å². The van der Waals surface area contributed by atoms with Gasteiger partial charge in [-0.2, -0.15) is 0 Å². The number of hydrogen-bond donors (Lipinski definition) is 3. The molecule has 0 unspecified atom stereocenters. The molecular weight excluding hydrogens is 194 g/mol. The molecule has 3 N–H and O–H groups in total. The summed E-state index contributed by atoms with van der Waals surface area (Å²) in [4.78, 5) is 25.5. The van der Waals surface area contributed by atoms with Crippen LogP contribution >= 0.6 is 0 Å². The molecule has 1 amide bonds. The first-order valence-corrected chi connectivity index (χ1v) is 4.78. The SMILES string of the molecule is CNCCNC(=O)c1ccc(C)[nH]c1=O. The van der Waals surface area contributed by atoms with Crippen LogP contribution in [0.5, 0.6) is 0 Å². The number of pyridine rings is 1. The topological polar surface area (TPSA) is 74.0 Å². The second-order valence-electron chi connectivity index (χ2n) is 3.24. The third kappa shape index (κ3) is 3.21. The zero-order valence-electron chi connectivity index (χ0n) is 8.89. The van der Waals surface area contributed by atoms with E-state index in [0.29, 0.717) is 13.1 Å². The Balaban J connectivity index is 2.70. The minimum Gasteiger partial charge on any atom is -0.351 e. The maximum absolute atomic E-state index is 11.5. The van der Waals surface area contributed by atoms with Crippen molar-refractivity contribution in [2.75, 3.05) is 20.1 Å². The fourth-order valence-corrected chi connectivity index (χ4v) is 1.15. The number of aromatic nitrogens is 1. The van der Waals surface area contributed by atoms with E-state index in [1.54, 1.807) is 20.0 Å². The molecule has 0 aliphatic carbocycles. The highest BCUT2D eigenvalue weighted by atomic mass is 16.2. The molecule has 0 aromatic carbocycles. The van der Waals surface area contributed by atoms with Gasteiger partial charge >= 0.3 is 0 Å². The highest BCUT2D eigenvalue weighted by molar-refractivity contribution is 5.93. The lowest BCUT2D eigenvalue weighted by atomic mass is 10.2. The van der Waals surface area contributed by atoms with Gasteiger partial charge in [0.2, 0.25) is 0 Å². The zero-order valence-corrected chi connectivity index (χ0v) is 8.89. The normalized spacial score (nSPS) is 10.0. The second-order valence-corrected chi connectivity index (χ2v) is 3.24. The standard InChI is InChI=1S/C10H15N3O2/c1-7-3-4-8(10(15)13-7)9(14)12-6-5-11-2/h3-4,11H,5-6H2,1-2H3,(H,12,14)(H,13,15). The van der Waals surface area contributed by atoms with Gasteiger partial charge in [0, 0.05) is 18.8 Å². The Bertz CT molecular complexity index is 398. The van der Waals surface area contributed by atoms with E-state index in [0.717, 1.165) is 5.69 Å². The molecule has 5 heteroatoms. The monoisotopic (exact) mass is 209 g/mol. The third-order valence-electron chi connectivity index (χ3n) is 1.96. The van der Waals surface area contributed by atoms with Crippen LogP contribution in [-0.2, 0) is 0 Å². The summed E-state index contributed by atoms with van der Waals surface area (Å²) in [6, 6.07) is 3.23. The van der Waals surface area contributed by atoms with Gasteiger partial charge in [-0.3, -0.25) is 9.59 Å². The van der Waals surface area contributed by atoms with Crippen molar-refractivity contribution in [1.29, 1.82) is 0 Å². The predicted molar refractivity (Wildman–Crippen MR) is 58.1 cm³/mol. The van der Waals surface area contributed by atoms with E-state index < -0.39 is 0 Å². The molecular formula is C10H15N3O2. The van der Waals surface area contributed by atoms with Crippen LogP contribution < -0.4 is 16.2 Å². The molecule has 0 saturated heterocycles. The fourth-order valence-electron chi connectivity index (χ4n) is 1.15. The Morgan fingerprint density at radius 2 is 2.13 bits per heavy atom. The first kappa shape index (κ1) is 11.5. The van der Waals surface area contributed by atoms with Crippen molar-refractivity contribution in [2.45, 2.75) is 6.92 Å². The van der Waals surface area contributed by atoms with E-state index >= 15 is 0 Å². The Kier molecular flexibility index (Phi) is 4.05. The molecule has 5 nitrogen and oxygen atoms in total. The number of carbonyl (C=O) groups is 1. The molecule has 0 aliphatic heterocycles. The molecule has 1 aromatic rings. The van der Waals surface area contributed by atoms with Crippen molar-refractivity contribution in [3.05, 3.63) is 33.7 Å². The van der Waals surface area contributed by atoms with Crippen molar-refractivity contribution in [3.8, 4) is 0 Å². The first-order valence-electron chi connectivity index (χ1n) is 4.78. The number of carbonyl (C=O) groups excluding carboxylic acids is 1. The van der Waals surface area contributed by atoms with Crippen LogP contribution in [0.15, 0.2) is 16.9 Å². The van der Waals surface area contributed by atoms with Crippen LogP contribution in [-0.4, -0.2) is 31.0 Å². The zero-order chi connectivity index (χ0) is 11.3. The number of amides is 1. The van der Waals surface area contributed by atoms with Gasteiger partial charge in [0.15, 0.2) is 0 Å². The average Bonchev–Trinajstić information content (AvgIpc) is 2.17. The highest BCUT2D eigenvalue weighted by Crippen LogP contribution is 1.92. The molecule has 15 heavy (non-hydrogen) atoms. The van der Waals surface area contributed by atoms with Gasteiger partial charge in [0.25, 0.3) is 11.5 Å². The highest BCUT2D eigenvalue weighted by Gasteiger charge is 2.08. The molecule has 1 aromatic heterocycles. The molecule has 0 saturated carbocycles. The third-order valence-corrected chi connectivity index (χ3v) is 1.96. The fraction of sp³-hybridized carbons (Fsp3) is 0.400. The van der Waals surface area contributed by atoms with Crippen LogP contribution in [0.25, 0.3) is 0 Å². The van der Waals surface area contributed by atoms with Gasteiger partial charge in [-0.25, -0.2) is 0 Å². The van der Waals surface area contributed by atoms with Crippen molar-refractivity contribution in [3.63, 3.8) is 0 Å². The molecule has 0 bridgehead atoms. The van der Waals surface area contributed by atoms with Crippen LogP contribution in [0, 0.1) is 6.92 Å². The summed E-state index contributed by atoms with van der Waals surface area (Å²) in [5, 5.41) is 5.54. The lowest BCUT2D eigenvalue weighted by Crippen LogP contribution is -2.33. The Morgan fingerprint density at radius 1 is 1.40 bits per heavy atom. The number of H-pyrrole nitrogens is 1. The molecule has 82 valence electrons. The van der Waals surface area contributed by atoms with Crippen molar-refractivity contribution in [1.82, 2.24) is 15.6 Å². The molecule has 0 radical (unpaired) electrons. The first-order chi connectivity index (χ1) is 7.15. The molecule has 0 atom stereocenters. The summed E-state index contributed by atoms with van der Waals surface area (Å²) in [5.74, 6) is -0.341. The number of aromatic amines is 1. The van der Waals surface area contributed by atoms with Crippen LogP contribution in [0.1, 0.15) is 16.1 Å². The Hall–Kier alpha value is -1.62. The van der Waals surface area contributed by atoms with Crippen molar-refractivity contribution in [2.24, 2.45) is 0 Å². The maximum atomic E-state index is 11.5. The van der Waals surface area contributed by atoms with Crippen molar-refractivity contribution < 1.29 is 4.79 Å². The summed E-state index contributed by atoms with van der Waals surface area (Å²) in [6.07, 6.45) is 0. The van der Waals surface area contributed by atoms with Gasteiger partial charge in [0.1, 0.15) is 5.56 Å². The minimum absolute atomic E-state index is 0.150. The Labute approximate surface area is 87.9 Å². The van der Waals surface area contributed by atoms with E-state index in [1.807, 2.05) is 0 Å². The summed E-state index contributed by atoms with van der Waals surface area (Å²) < 4.78 is 0. The van der Waals surface area contributed by atoms with E-state index in [9.17, 15) is 9.59 Å². The summed E-state index contributed by atoms with van der Waals surface area (Å²) in [6.45, 7) is 2.95. The molecule has 0 fully saturated rings. The summed E-state index contributed by atoms with van der Waals surface area (Å²) in [5.41, 5.74) is 0.542. The minimum atomic E-state index is -0.350. The number of nitrogens with one attached hydrogen (secondary N) is 3. The van der Waals surface area contributed by atoms with E-state index in [-0.39, 0.29) is 17.0 Å². The molecule has 0 spiro atoms. The Morgan fingerprint density at radius 3 is 2.73 bits per heavy atom. The average molecular weight is 209 g/mol. The van der Waals surface area contributed by atoms with Crippen molar-refractivity contribution >= 4 is 5.91 Å². The van der Waals surface area contributed by atoms with Gasteiger partial charge in [-0.05, 0) is 26.1 Å². The molecule has 0 aliphatic rings. The smallest absolute Gasteiger partial charge is 0.260 e. The quantitative estimate of drug-likeness (QED) is 0.592. The van der Waals surface area contributed by atoms with Gasteiger partial charge in [0.05, 0.1) is 0 Å². The summed E-state index contributed by atoms with van der Waals surface area (Å²) in [7, 11) is 1.80. The van der Waals surface area contributed by atoms with E-state index in [1.165, 1.54) is 6.07 Å². The predicted octanol–water partition coefficient (Wildman–Crippen LogP) is -0.367. The number of hydrogen-bond acceptors (Lipinski definition) is 3. The van der Waals surface area contributed by atoms with Gasteiger partial charge in [-0.1, -0.05) is 0 Å². The lowest BCUT2D eigenvalue weighted by molar-refractivity contribution is 0.0952. The number of aryl methyl sites for hydroxylation is 1. The summed E-state index contributed by atoms with van der Waals surface area (Å²) >= 11 is 0. The number of likely N-dealkylation sites (N-methyl/N-ethyl adjacent to an activating group) is 1.